The second-order valence-electron chi connectivity index (χ2n) is 3.99. The quantitative estimate of drug-likeness (QED) is 0.896. The first-order chi connectivity index (χ1) is 8.72. The third kappa shape index (κ3) is 2.89. The predicted molar refractivity (Wildman–Crippen MR) is 70.6 cm³/mol. The summed E-state index contributed by atoms with van der Waals surface area (Å²) in [5, 5.41) is 12.1. The van der Waals surface area contributed by atoms with Crippen LogP contribution >= 0.6 is 11.3 Å². The maximum atomic E-state index is 13.7. The minimum Gasteiger partial charge on any atom is -0.496 e. The van der Waals surface area contributed by atoms with Crippen LogP contribution in [0, 0.1) is 5.82 Å². The Balaban J connectivity index is 2.10. The molecule has 0 amide bonds. The molecular formula is C14H15FO2S. The van der Waals surface area contributed by atoms with Crippen LogP contribution in [0.3, 0.4) is 0 Å². The van der Waals surface area contributed by atoms with Crippen LogP contribution in [0.15, 0.2) is 35.7 Å². The number of aliphatic hydroxyl groups is 1. The number of benzene rings is 1. The first-order valence-corrected chi connectivity index (χ1v) is 6.63. The molecule has 4 heteroatoms. The molecule has 0 saturated carbocycles. The molecule has 2 rings (SSSR count). The number of rotatable bonds is 5. The minimum atomic E-state index is -0.844. The molecule has 0 saturated heterocycles. The summed E-state index contributed by atoms with van der Waals surface area (Å²) in [6.45, 7) is 0. The molecule has 0 aliphatic heterocycles. The van der Waals surface area contributed by atoms with Crippen molar-refractivity contribution in [2.24, 2.45) is 0 Å². The lowest BCUT2D eigenvalue weighted by atomic mass is 10.0. The van der Waals surface area contributed by atoms with Gasteiger partial charge in [0.05, 0.1) is 18.8 Å². The first-order valence-electron chi connectivity index (χ1n) is 5.75. The van der Waals surface area contributed by atoms with Gasteiger partial charge < -0.3 is 9.84 Å². The van der Waals surface area contributed by atoms with Crippen LogP contribution in [0.1, 0.15) is 23.0 Å². The van der Waals surface area contributed by atoms with E-state index >= 15 is 0 Å². The molecular weight excluding hydrogens is 251 g/mol. The van der Waals surface area contributed by atoms with Crippen molar-refractivity contribution in [3.05, 3.63) is 52.0 Å². The molecule has 2 nitrogen and oxygen atoms in total. The Kier molecular flexibility index (Phi) is 4.33. The number of aliphatic hydroxyl groups excluding tert-OH is 1. The summed E-state index contributed by atoms with van der Waals surface area (Å²) in [4.78, 5) is 1.18. The molecule has 0 aliphatic rings. The van der Waals surface area contributed by atoms with Crippen LogP contribution in [-0.4, -0.2) is 12.2 Å². The zero-order valence-electron chi connectivity index (χ0n) is 10.1. The van der Waals surface area contributed by atoms with Crippen molar-refractivity contribution in [2.45, 2.75) is 18.9 Å². The Morgan fingerprint density at radius 2 is 2.17 bits per heavy atom. The second-order valence-corrected chi connectivity index (χ2v) is 5.02. The fraction of sp³-hybridized carbons (Fsp3) is 0.286. The highest BCUT2D eigenvalue weighted by molar-refractivity contribution is 7.09. The van der Waals surface area contributed by atoms with Crippen molar-refractivity contribution in [2.75, 3.05) is 7.11 Å². The van der Waals surface area contributed by atoms with Crippen molar-refractivity contribution in [1.29, 1.82) is 0 Å². The normalized spacial score (nSPS) is 12.4. The van der Waals surface area contributed by atoms with Crippen LogP contribution in [0.5, 0.6) is 5.75 Å². The van der Waals surface area contributed by atoms with Gasteiger partial charge >= 0.3 is 0 Å². The standard InChI is InChI=1S/C14H15FO2S/c1-17-13-6-2-5-11(15)14(13)12(16)8-7-10-4-3-9-18-10/h2-6,9,12,16H,7-8H2,1H3. The van der Waals surface area contributed by atoms with Gasteiger partial charge in [0.1, 0.15) is 11.6 Å². The SMILES string of the molecule is COc1cccc(F)c1C(O)CCc1cccs1. The third-order valence-electron chi connectivity index (χ3n) is 2.81. The molecule has 0 fully saturated rings. The van der Waals surface area contributed by atoms with Crippen LogP contribution < -0.4 is 4.74 Å². The molecule has 2 aromatic rings. The highest BCUT2D eigenvalue weighted by Gasteiger charge is 2.18. The average molecular weight is 266 g/mol. The molecule has 1 aromatic carbocycles. The number of hydrogen-bond acceptors (Lipinski definition) is 3. The average Bonchev–Trinajstić information content (AvgIpc) is 2.88. The number of ether oxygens (including phenoxy) is 1. The van der Waals surface area contributed by atoms with Gasteiger partial charge in [-0.15, -0.1) is 11.3 Å². The molecule has 1 N–H and O–H groups in total. The van der Waals surface area contributed by atoms with Crippen molar-refractivity contribution < 1.29 is 14.2 Å². The van der Waals surface area contributed by atoms with Gasteiger partial charge in [0.2, 0.25) is 0 Å². The smallest absolute Gasteiger partial charge is 0.132 e. The summed E-state index contributed by atoms with van der Waals surface area (Å²) in [6.07, 6.45) is 0.372. The summed E-state index contributed by atoms with van der Waals surface area (Å²) in [7, 11) is 1.48. The van der Waals surface area contributed by atoms with Crippen LogP contribution in [0.25, 0.3) is 0 Å². The minimum absolute atomic E-state index is 0.247. The van der Waals surface area contributed by atoms with E-state index in [4.69, 9.17) is 4.74 Å². The van der Waals surface area contributed by atoms with Crippen LogP contribution in [0.4, 0.5) is 4.39 Å². The van der Waals surface area contributed by atoms with Gasteiger partial charge in [-0.1, -0.05) is 12.1 Å². The van der Waals surface area contributed by atoms with E-state index < -0.39 is 11.9 Å². The van der Waals surface area contributed by atoms with Crippen molar-refractivity contribution >= 4 is 11.3 Å². The number of thiophene rings is 1. The molecule has 1 aromatic heterocycles. The summed E-state index contributed by atoms with van der Waals surface area (Å²) in [5.74, 6) is -0.0262. The lowest BCUT2D eigenvalue weighted by molar-refractivity contribution is 0.159. The van der Waals surface area contributed by atoms with E-state index in [1.165, 1.54) is 18.1 Å². The van der Waals surface area contributed by atoms with Crippen molar-refractivity contribution in [1.82, 2.24) is 0 Å². The van der Waals surface area contributed by atoms with Crippen LogP contribution in [-0.2, 0) is 6.42 Å². The molecule has 0 bridgehead atoms. The molecule has 1 atom stereocenters. The highest BCUT2D eigenvalue weighted by Crippen LogP contribution is 2.30. The maximum absolute atomic E-state index is 13.7. The number of methoxy groups -OCH3 is 1. The Labute approximate surface area is 110 Å². The maximum Gasteiger partial charge on any atom is 0.132 e. The fourth-order valence-corrected chi connectivity index (χ4v) is 2.62. The molecule has 0 spiro atoms. The van der Waals surface area contributed by atoms with E-state index in [1.54, 1.807) is 23.5 Å². The lowest BCUT2D eigenvalue weighted by Crippen LogP contribution is -2.04. The van der Waals surface area contributed by atoms with Crippen molar-refractivity contribution in [3.63, 3.8) is 0 Å². The summed E-state index contributed by atoms with van der Waals surface area (Å²) >= 11 is 1.64. The van der Waals surface area contributed by atoms with E-state index in [2.05, 4.69) is 0 Å². The zero-order chi connectivity index (χ0) is 13.0. The lowest BCUT2D eigenvalue weighted by Gasteiger charge is -2.15. The van der Waals surface area contributed by atoms with Crippen LogP contribution in [0.2, 0.25) is 0 Å². The molecule has 1 unspecified atom stereocenters. The second kappa shape index (κ2) is 5.98. The van der Waals surface area contributed by atoms with E-state index in [9.17, 15) is 9.50 Å². The van der Waals surface area contributed by atoms with Gasteiger partial charge in [-0.2, -0.15) is 0 Å². The van der Waals surface area contributed by atoms with Gasteiger partial charge in [0.25, 0.3) is 0 Å². The summed E-state index contributed by atoms with van der Waals surface area (Å²) < 4.78 is 18.8. The van der Waals surface area contributed by atoms with Gasteiger partial charge in [0, 0.05) is 4.88 Å². The molecule has 18 heavy (non-hydrogen) atoms. The van der Waals surface area contributed by atoms with Gasteiger partial charge in [-0.3, -0.25) is 0 Å². The van der Waals surface area contributed by atoms with Gasteiger partial charge in [0.15, 0.2) is 0 Å². The van der Waals surface area contributed by atoms with E-state index in [0.717, 1.165) is 6.42 Å². The Bertz CT molecular complexity index is 497. The molecule has 96 valence electrons. The summed E-state index contributed by atoms with van der Waals surface area (Å²) in [5.41, 5.74) is 0.247. The monoisotopic (exact) mass is 266 g/mol. The number of aryl methyl sites for hydroxylation is 1. The van der Waals surface area contributed by atoms with Gasteiger partial charge in [-0.05, 0) is 36.4 Å². The topological polar surface area (TPSA) is 29.5 Å². The third-order valence-corrected chi connectivity index (χ3v) is 3.75. The number of halogens is 1. The van der Waals surface area contributed by atoms with E-state index in [0.29, 0.717) is 12.2 Å². The molecule has 0 radical (unpaired) electrons. The highest BCUT2D eigenvalue weighted by atomic mass is 32.1. The molecule has 1 heterocycles. The van der Waals surface area contributed by atoms with Gasteiger partial charge in [-0.25, -0.2) is 4.39 Å². The molecule has 0 aliphatic carbocycles. The fourth-order valence-electron chi connectivity index (χ4n) is 1.90. The predicted octanol–water partition coefficient (Wildman–Crippen LogP) is 3.56. The Hall–Kier alpha value is -1.39. The zero-order valence-corrected chi connectivity index (χ0v) is 10.9. The summed E-state index contributed by atoms with van der Waals surface area (Å²) in [6, 6.07) is 8.55. The largest absolute Gasteiger partial charge is 0.496 e. The Morgan fingerprint density at radius 3 is 2.83 bits per heavy atom. The van der Waals surface area contributed by atoms with Crippen molar-refractivity contribution in [3.8, 4) is 5.75 Å². The number of hydrogen-bond donors (Lipinski definition) is 1. The first kappa shape index (κ1) is 13.1. The Morgan fingerprint density at radius 1 is 1.33 bits per heavy atom. The van der Waals surface area contributed by atoms with E-state index in [-0.39, 0.29) is 5.56 Å². The van der Waals surface area contributed by atoms with E-state index in [1.807, 2.05) is 17.5 Å².